The van der Waals surface area contributed by atoms with E-state index in [1.165, 1.54) is 25.3 Å². The Morgan fingerprint density at radius 2 is 2.00 bits per heavy atom. The van der Waals surface area contributed by atoms with Crippen LogP contribution in [0, 0.1) is 17.1 Å². The third kappa shape index (κ3) is 3.80. The van der Waals surface area contributed by atoms with Gasteiger partial charge in [-0.15, -0.1) is 0 Å². The molecule has 0 atom stereocenters. The van der Waals surface area contributed by atoms with Gasteiger partial charge in [-0.25, -0.2) is 4.39 Å². The van der Waals surface area contributed by atoms with Crippen LogP contribution in [0.1, 0.15) is 11.1 Å². The molecule has 0 radical (unpaired) electrons. The van der Waals surface area contributed by atoms with Gasteiger partial charge >= 0.3 is 0 Å². The van der Waals surface area contributed by atoms with Crippen LogP contribution in [0.2, 0.25) is 0 Å². The van der Waals surface area contributed by atoms with Gasteiger partial charge in [-0.2, -0.15) is 5.26 Å². The molecule has 1 N–H and O–H groups in total. The number of amides is 1. The fourth-order valence-corrected chi connectivity index (χ4v) is 1.83. The first-order valence-electron chi connectivity index (χ1n) is 6.25. The summed E-state index contributed by atoms with van der Waals surface area (Å²) in [5.74, 6) is -0.637. The van der Waals surface area contributed by atoms with Crippen molar-refractivity contribution < 1.29 is 13.9 Å². The molecule has 0 aliphatic heterocycles. The Balaban J connectivity index is 2.02. The lowest BCUT2D eigenvalue weighted by atomic mass is 10.1. The summed E-state index contributed by atoms with van der Waals surface area (Å²) in [6, 6.07) is 12.9. The van der Waals surface area contributed by atoms with Crippen LogP contribution in [0.25, 0.3) is 0 Å². The van der Waals surface area contributed by atoms with E-state index in [1.807, 2.05) is 6.07 Å². The van der Waals surface area contributed by atoms with Gasteiger partial charge in [0.05, 0.1) is 25.2 Å². The van der Waals surface area contributed by atoms with E-state index in [-0.39, 0.29) is 18.1 Å². The van der Waals surface area contributed by atoms with Gasteiger partial charge in [0.15, 0.2) is 11.6 Å². The predicted octanol–water partition coefficient (Wildman–Crippen LogP) is 2.89. The average molecular weight is 284 g/mol. The van der Waals surface area contributed by atoms with Crippen molar-refractivity contribution in [2.75, 3.05) is 12.4 Å². The molecule has 0 aliphatic rings. The van der Waals surface area contributed by atoms with E-state index in [1.54, 1.807) is 24.3 Å². The molecule has 5 heteroatoms. The fourth-order valence-electron chi connectivity index (χ4n) is 1.83. The normalized spacial score (nSPS) is 9.76. The number of carbonyl (C=O) groups is 1. The fraction of sp³-hybridized carbons (Fsp3) is 0.125. The number of nitrogens with zero attached hydrogens (tertiary/aromatic N) is 1. The Morgan fingerprint density at radius 3 is 2.62 bits per heavy atom. The largest absolute Gasteiger partial charge is 0.494 e. The van der Waals surface area contributed by atoms with E-state index in [0.717, 1.165) is 5.56 Å². The van der Waals surface area contributed by atoms with Crippen LogP contribution >= 0.6 is 0 Å². The Labute approximate surface area is 121 Å². The molecule has 0 fully saturated rings. The van der Waals surface area contributed by atoms with Crippen molar-refractivity contribution in [3.63, 3.8) is 0 Å². The summed E-state index contributed by atoms with van der Waals surface area (Å²) in [6.45, 7) is 0. The monoisotopic (exact) mass is 284 g/mol. The second-order valence-corrected chi connectivity index (χ2v) is 4.38. The minimum atomic E-state index is -0.484. The third-order valence-corrected chi connectivity index (χ3v) is 2.88. The molecule has 0 heterocycles. The van der Waals surface area contributed by atoms with E-state index >= 15 is 0 Å². The first-order chi connectivity index (χ1) is 10.1. The first kappa shape index (κ1) is 14.5. The number of benzene rings is 2. The molecule has 0 aromatic heterocycles. The lowest BCUT2D eigenvalue weighted by Gasteiger charge is -2.08. The maximum Gasteiger partial charge on any atom is 0.228 e. The molecular weight excluding hydrogens is 271 g/mol. The van der Waals surface area contributed by atoms with E-state index < -0.39 is 5.82 Å². The van der Waals surface area contributed by atoms with Crippen LogP contribution < -0.4 is 10.1 Å². The summed E-state index contributed by atoms with van der Waals surface area (Å²) >= 11 is 0. The summed E-state index contributed by atoms with van der Waals surface area (Å²) in [7, 11) is 1.36. The lowest BCUT2D eigenvalue weighted by molar-refractivity contribution is -0.115. The summed E-state index contributed by atoms with van der Waals surface area (Å²) in [5, 5.41) is 11.4. The van der Waals surface area contributed by atoms with Gasteiger partial charge in [-0.3, -0.25) is 4.79 Å². The molecule has 0 saturated carbocycles. The molecule has 2 aromatic carbocycles. The second kappa shape index (κ2) is 6.53. The zero-order valence-electron chi connectivity index (χ0n) is 11.4. The Kier molecular flexibility index (Phi) is 4.52. The number of nitrogens with one attached hydrogen (secondary N) is 1. The molecule has 0 aliphatic carbocycles. The standard InChI is InChI=1S/C16H13FN2O2/c1-21-15-9-13(6-7-14(15)17)19-16(20)8-11-2-4-12(10-18)5-3-11/h2-7,9H,8H2,1H3,(H,19,20). The maximum atomic E-state index is 13.3. The highest BCUT2D eigenvalue weighted by Crippen LogP contribution is 2.21. The zero-order valence-corrected chi connectivity index (χ0v) is 11.4. The van der Waals surface area contributed by atoms with Crippen molar-refractivity contribution in [3.8, 4) is 11.8 Å². The van der Waals surface area contributed by atoms with Crippen LogP contribution in [0.5, 0.6) is 5.75 Å². The number of hydrogen-bond acceptors (Lipinski definition) is 3. The summed E-state index contributed by atoms with van der Waals surface area (Å²) in [5.41, 5.74) is 1.80. The van der Waals surface area contributed by atoms with E-state index in [2.05, 4.69) is 5.32 Å². The first-order valence-corrected chi connectivity index (χ1v) is 6.25. The van der Waals surface area contributed by atoms with Gasteiger partial charge in [-0.1, -0.05) is 12.1 Å². The molecule has 0 saturated heterocycles. The molecular formula is C16H13FN2O2. The van der Waals surface area contributed by atoms with Crippen molar-refractivity contribution in [2.24, 2.45) is 0 Å². The van der Waals surface area contributed by atoms with Crippen LogP contribution in [0.15, 0.2) is 42.5 Å². The predicted molar refractivity (Wildman–Crippen MR) is 76.4 cm³/mol. The van der Waals surface area contributed by atoms with Crippen molar-refractivity contribution in [2.45, 2.75) is 6.42 Å². The van der Waals surface area contributed by atoms with Crippen LogP contribution in [0.4, 0.5) is 10.1 Å². The van der Waals surface area contributed by atoms with Gasteiger partial charge in [0.25, 0.3) is 0 Å². The molecule has 2 rings (SSSR count). The van der Waals surface area contributed by atoms with Crippen molar-refractivity contribution in [1.29, 1.82) is 5.26 Å². The topological polar surface area (TPSA) is 62.1 Å². The van der Waals surface area contributed by atoms with Crippen LogP contribution in [-0.2, 0) is 11.2 Å². The highest BCUT2D eigenvalue weighted by Gasteiger charge is 2.07. The maximum absolute atomic E-state index is 13.3. The molecule has 0 spiro atoms. The number of rotatable bonds is 4. The number of nitriles is 1. The highest BCUT2D eigenvalue weighted by atomic mass is 19.1. The Hall–Kier alpha value is -2.87. The second-order valence-electron chi connectivity index (χ2n) is 4.38. The SMILES string of the molecule is COc1cc(NC(=O)Cc2ccc(C#N)cc2)ccc1F. The van der Waals surface area contributed by atoms with Crippen LogP contribution in [0.3, 0.4) is 0 Å². The molecule has 1 amide bonds. The number of ether oxygens (including phenoxy) is 1. The lowest BCUT2D eigenvalue weighted by Crippen LogP contribution is -2.14. The van der Waals surface area contributed by atoms with Gasteiger partial charge in [-0.05, 0) is 29.8 Å². The minimum Gasteiger partial charge on any atom is -0.494 e. The van der Waals surface area contributed by atoms with Gasteiger partial charge in [0, 0.05) is 11.8 Å². The van der Waals surface area contributed by atoms with E-state index in [0.29, 0.717) is 11.3 Å². The van der Waals surface area contributed by atoms with Crippen molar-refractivity contribution >= 4 is 11.6 Å². The van der Waals surface area contributed by atoms with Gasteiger partial charge in [0.1, 0.15) is 0 Å². The summed E-state index contributed by atoms with van der Waals surface area (Å²) in [4.78, 5) is 11.9. The smallest absolute Gasteiger partial charge is 0.228 e. The number of anilines is 1. The molecule has 106 valence electrons. The number of carbonyl (C=O) groups excluding carboxylic acids is 1. The quantitative estimate of drug-likeness (QED) is 0.939. The highest BCUT2D eigenvalue weighted by molar-refractivity contribution is 5.92. The summed E-state index contributed by atoms with van der Waals surface area (Å²) < 4.78 is 18.1. The van der Waals surface area contributed by atoms with Crippen LogP contribution in [-0.4, -0.2) is 13.0 Å². The number of hydrogen-bond donors (Lipinski definition) is 1. The zero-order chi connectivity index (χ0) is 15.2. The number of halogens is 1. The third-order valence-electron chi connectivity index (χ3n) is 2.88. The van der Waals surface area contributed by atoms with E-state index in [9.17, 15) is 9.18 Å². The molecule has 4 nitrogen and oxygen atoms in total. The summed E-state index contributed by atoms with van der Waals surface area (Å²) in [6.07, 6.45) is 0.172. The number of methoxy groups -OCH3 is 1. The molecule has 21 heavy (non-hydrogen) atoms. The Morgan fingerprint density at radius 1 is 1.29 bits per heavy atom. The van der Waals surface area contributed by atoms with Crippen molar-refractivity contribution in [1.82, 2.24) is 0 Å². The molecule has 0 bridgehead atoms. The van der Waals surface area contributed by atoms with Gasteiger partial charge < -0.3 is 10.1 Å². The van der Waals surface area contributed by atoms with Crippen molar-refractivity contribution in [3.05, 3.63) is 59.4 Å². The molecule has 0 unspecified atom stereocenters. The molecule has 2 aromatic rings. The minimum absolute atomic E-state index is 0.0752. The Bertz CT molecular complexity index is 690. The van der Waals surface area contributed by atoms with E-state index in [4.69, 9.17) is 10.00 Å². The van der Waals surface area contributed by atoms with Gasteiger partial charge in [0.2, 0.25) is 5.91 Å². The average Bonchev–Trinajstić information content (AvgIpc) is 2.50.